The van der Waals surface area contributed by atoms with Gasteiger partial charge in [-0.1, -0.05) is 49.4 Å². The van der Waals surface area contributed by atoms with Crippen molar-refractivity contribution in [1.29, 1.82) is 0 Å². The molecule has 14 heavy (non-hydrogen) atoms. The van der Waals surface area contributed by atoms with E-state index in [2.05, 4.69) is 49.4 Å². The van der Waals surface area contributed by atoms with E-state index in [0.717, 1.165) is 13.0 Å². The third kappa shape index (κ3) is 2.05. The van der Waals surface area contributed by atoms with Gasteiger partial charge in [-0.2, -0.15) is 0 Å². The minimum Gasteiger partial charge on any atom is -0.373 e. The molecule has 0 bridgehead atoms. The predicted molar refractivity (Wildman–Crippen MR) is 58.4 cm³/mol. The first-order valence-corrected chi connectivity index (χ1v) is 5.19. The summed E-state index contributed by atoms with van der Waals surface area (Å²) in [7, 11) is 0. The molecular formula is C13H16O. The summed E-state index contributed by atoms with van der Waals surface area (Å²) in [6.45, 7) is 3.00. The monoisotopic (exact) mass is 188 g/mol. The summed E-state index contributed by atoms with van der Waals surface area (Å²) >= 11 is 0. The first-order chi connectivity index (χ1) is 6.88. The number of ether oxygens (including phenoxy) is 1. The molecule has 1 nitrogen and oxygen atoms in total. The summed E-state index contributed by atoms with van der Waals surface area (Å²) in [4.78, 5) is 0. The second kappa shape index (κ2) is 4.43. The van der Waals surface area contributed by atoms with Crippen LogP contribution in [0.15, 0.2) is 42.5 Å². The highest BCUT2D eigenvalue weighted by Gasteiger charge is 2.19. The van der Waals surface area contributed by atoms with E-state index in [1.54, 1.807) is 0 Å². The van der Waals surface area contributed by atoms with Crippen molar-refractivity contribution in [3.8, 4) is 0 Å². The molecule has 0 unspecified atom stereocenters. The largest absolute Gasteiger partial charge is 0.373 e. The molecule has 1 aliphatic heterocycles. The Morgan fingerprint density at radius 1 is 1.21 bits per heavy atom. The summed E-state index contributed by atoms with van der Waals surface area (Å²) < 4.78 is 5.71. The fourth-order valence-corrected chi connectivity index (χ4v) is 1.87. The lowest BCUT2D eigenvalue weighted by molar-refractivity contribution is 0.0514. The zero-order valence-electron chi connectivity index (χ0n) is 8.52. The molecule has 2 rings (SSSR count). The molecule has 0 aromatic heterocycles. The lowest BCUT2D eigenvalue weighted by Gasteiger charge is -2.25. The molecular weight excluding hydrogens is 172 g/mol. The first-order valence-electron chi connectivity index (χ1n) is 5.19. The summed E-state index contributed by atoms with van der Waals surface area (Å²) in [5.74, 6) is 0.487. The molecule has 0 spiro atoms. The van der Waals surface area contributed by atoms with Crippen molar-refractivity contribution in [2.75, 3.05) is 6.61 Å². The Kier molecular flexibility index (Phi) is 3.00. The molecule has 74 valence electrons. The fourth-order valence-electron chi connectivity index (χ4n) is 1.87. The molecule has 1 aliphatic rings. The highest BCUT2D eigenvalue weighted by molar-refractivity contribution is 5.20. The number of hydrogen-bond acceptors (Lipinski definition) is 1. The van der Waals surface area contributed by atoms with Crippen molar-refractivity contribution in [2.24, 2.45) is 0 Å². The van der Waals surface area contributed by atoms with Gasteiger partial charge >= 0.3 is 0 Å². The predicted octanol–water partition coefficient (Wildman–Crippen LogP) is 3.14. The lowest BCUT2D eigenvalue weighted by atomic mass is 9.92. The SMILES string of the molecule is C[C@@H](c1ccccc1)[C@H]1CC=CCO1. The Hall–Kier alpha value is -1.08. The second-order valence-corrected chi connectivity index (χ2v) is 3.78. The van der Waals surface area contributed by atoms with Crippen LogP contribution in [-0.4, -0.2) is 12.7 Å². The average Bonchev–Trinajstić information content (AvgIpc) is 2.30. The van der Waals surface area contributed by atoms with Crippen LogP contribution in [-0.2, 0) is 4.74 Å². The topological polar surface area (TPSA) is 9.23 Å². The molecule has 1 aromatic rings. The third-order valence-electron chi connectivity index (χ3n) is 2.82. The van der Waals surface area contributed by atoms with E-state index in [-0.39, 0.29) is 0 Å². The van der Waals surface area contributed by atoms with Crippen molar-refractivity contribution >= 4 is 0 Å². The van der Waals surface area contributed by atoms with Gasteiger partial charge in [-0.3, -0.25) is 0 Å². The van der Waals surface area contributed by atoms with E-state index < -0.39 is 0 Å². The van der Waals surface area contributed by atoms with Crippen LogP contribution in [0.4, 0.5) is 0 Å². The van der Waals surface area contributed by atoms with E-state index in [1.807, 2.05) is 0 Å². The molecule has 2 atom stereocenters. The van der Waals surface area contributed by atoms with E-state index in [4.69, 9.17) is 4.74 Å². The Morgan fingerprint density at radius 2 is 2.00 bits per heavy atom. The summed E-state index contributed by atoms with van der Waals surface area (Å²) in [6, 6.07) is 10.6. The van der Waals surface area contributed by atoms with Gasteiger partial charge in [0.2, 0.25) is 0 Å². The fraction of sp³-hybridized carbons (Fsp3) is 0.385. The van der Waals surface area contributed by atoms with Crippen LogP contribution in [0, 0.1) is 0 Å². The van der Waals surface area contributed by atoms with E-state index in [9.17, 15) is 0 Å². The van der Waals surface area contributed by atoms with E-state index in [0.29, 0.717) is 12.0 Å². The Morgan fingerprint density at radius 3 is 2.64 bits per heavy atom. The second-order valence-electron chi connectivity index (χ2n) is 3.78. The maximum absolute atomic E-state index is 5.71. The maximum atomic E-state index is 5.71. The van der Waals surface area contributed by atoms with Crippen molar-refractivity contribution in [3.63, 3.8) is 0 Å². The van der Waals surface area contributed by atoms with Crippen molar-refractivity contribution in [1.82, 2.24) is 0 Å². The van der Waals surface area contributed by atoms with Crippen molar-refractivity contribution in [2.45, 2.75) is 25.4 Å². The standard InChI is InChI=1S/C13H16O/c1-11(12-7-3-2-4-8-12)13-9-5-6-10-14-13/h2-8,11,13H,9-10H2,1H3/t11-,13+/m0/s1. The molecule has 0 aliphatic carbocycles. The van der Waals surface area contributed by atoms with Gasteiger partial charge in [-0.05, 0) is 12.0 Å². The molecule has 0 radical (unpaired) electrons. The van der Waals surface area contributed by atoms with E-state index in [1.165, 1.54) is 5.56 Å². The van der Waals surface area contributed by atoms with Crippen molar-refractivity contribution in [3.05, 3.63) is 48.0 Å². The van der Waals surface area contributed by atoms with Gasteiger partial charge in [0.05, 0.1) is 12.7 Å². The highest BCUT2D eigenvalue weighted by Crippen LogP contribution is 2.25. The minimum atomic E-state index is 0.349. The van der Waals surface area contributed by atoms with Crippen LogP contribution >= 0.6 is 0 Å². The summed E-state index contributed by atoms with van der Waals surface area (Å²) in [5.41, 5.74) is 1.37. The normalized spacial score (nSPS) is 23.4. The van der Waals surface area contributed by atoms with Gasteiger partial charge < -0.3 is 4.74 Å². The van der Waals surface area contributed by atoms with Crippen LogP contribution in [0.3, 0.4) is 0 Å². The van der Waals surface area contributed by atoms with E-state index >= 15 is 0 Å². The van der Waals surface area contributed by atoms with Crippen LogP contribution in [0.2, 0.25) is 0 Å². The van der Waals surface area contributed by atoms with Gasteiger partial charge in [0, 0.05) is 5.92 Å². The zero-order chi connectivity index (χ0) is 9.80. The molecule has 1 heterocycles. The van der Waals surface area contributed by atoms with Gasteiger partial charge in [-0.15, -0.1) is 0 Å². The molecule has 0 N–H and O–H groups in total. The first kappa shape index (κ1) is 9.47. The summed E-state index contributed by atoms with van der Waals surface area (Å²) in [6.07, 6.45) is 5.69. The quantitative estimate of drug-likeness (QED) is 0.648. The number of rotatable bonds is 2. The summed E-state index contributed by atoms with van der Waals surface area (Å²) in [5, 5.41) is 0. The minimum absolute atomic E-state index is 0.349. The molecule has 0 saturated carbocycles. The molecule has 1 aromatic carbocycles. The van der Waals surface area contributed by atoms with Crippen LogP contribution in [0.5, 0.6) is 0 Å². The Bertz CT molecular complexity index is 302. The molecule has 0 fully saturated rings. The molecule has 1 heteroatoms. The van der Waals surface area contributed by atoms with Gasteiger partial charge in [0.15, 0.2) is 0 Å². The Balaban J connectivity index is 2.08. The average molecular weight is 188 g/mol. The van der Waals surface area contributed by atoms with Crippen LogP contribution in [0.25, 0.3) is 0 Å². The maximum Gasteiger partial charge on any atom is 0.0679 e. The van der Waals surface area contributed by atoms with Gasteiger partial charge in [0.25, 0.3) is 0 Å². The zero-order valence-corrected chi connectivity index (χ0v) is 8.52. The number of benzene rings is 1. The molecule has 0 amide bonds. The number of hydrogen-bond donors (Lipinski definition) is 0. The van der Waals surface area contributed by atoms with Crippen LogP contribution in [0.1, 0.15) is 24.8 Å². The highest BCUT2D eigenvalue weighted by atomic mass is 16.5. The van der Waals surface area contributed by atoms with Gasteiger partial charge in [0.1, 0.15) is 0 Å². The lowest BCUT2D eigenvalue weighted by Crippen LogP contribution is -2.22. The third-order valence-corrected chi connectivity index (χ3v) is 2.82. The van der Waals surface area contributed by atoms with Gasteiger partial charge in [-0.25, -0.2) is 0 Å². The Labute approximate surface area is 85.4 Å². The van der Waals surface area contributed by atoms with Crippen molar-refractivity contribution < 1.29 is 4.74 Å². The molecule has 0 saturated heterocycles. The van der Waals surface area contributed by atoms with Crippen LogP contribution < -0.4 is 0 Å². The smallest absolute Gasteiger partial charge is 0.0679 e.